The Hall–Kier alpha value is -3.56. The van der Waals surface area contributed by atoms with E-state index in [9.17, 15) is 5.11 Å². The van der Waals surface area contributed by atoms with Crippen LogP contribution in [0.15, 0.2) is 30.6 Å². The lowest BCUT2D eigenvalue weighted by Gasteiger charge is -2.51. The number of rotatable bonds is 6. The van der Waals surface area contributed by atoms with Crippen LogP contribution in [0.3, 0.4) is 0 Å². The summed E-state index contributed by atoms with van der Waals surface area (Å²) in [6.07, 6.45) is 7.20. The van der Waals surface area contributed by atoms with Crippen LogP contribution in [0.2, 0.25) is 0 Å². The fourth-order valence-corrected chi connectivity index (χ4v) is 5.77. The molecule has 2 aliphatic rings. The van der Waals surface area contributed by atoms with Crippen LogP contribution in [-0.4, -0.2) is 63.7 Å². The number of hydrogen-bond donors (Lipinski definition) is 1. The molecule has 2 saturated carbocycles. The smallest absolute Gasteiger partial charge is 0.278 e. The Labute approximate surface area is 209 Å². The summed E-state index contributed by atoms with van der Waals surface area (Å²) in [5.41, 5.74) is 1.31. The van der Waals surface area contributed by atoms with Gasteiger partial charge >= 0.3 is 0 Å². The number of aromatic nitrogens is 5. The van der Waals surface area contributed by atoms with Gasteiger partial charge in [-0.05, 0) is 37.3 Å². The summed E-state index contributed by atoms with van der Waals surface area (Å²) in [6.45, 7) is 2.08. The Bertz CT molecular complexity index is 1240. The first kappa shape index (κ1) is 24.1. The number of ether oxygens (including phenoxy) is 2. The molecule has 9 nitrogen and oxygen atoms in total. The van der Waals surface area contributed by atoms with Gasteiger partial charge in [-0.15, -0.1) is 10.2 Å². The maximum atomic E-state index is 15.5. The van der Waals surface area contributed by atoms with Crippen LogP contribution in [0.4, 0.5) is 10.2 Å². The van der Waals surface area contributed by atoms with Gasteiger partial charge in [0.1, 0.15) is 11.9 Å². The van der Waals surface area contributed by atoms with E-state index in [0.29, 0.717) is 28.6 Å². The second kappa shape index (κ2) is 9.48. The first-order valence-electron chi connectivity index (χ1n) is 12.2. The molecule has 2 fully saturated rings. The van der Waals surface area contributed by atoms with Gasteiger partial charge in [0.2, 0.25) is 0 Å². The molecule has 2 aromatic heterocycles. The van der Waals surface area contributed by atoms with Gasteiger partial charge in [0, 0.05) is 18.0 Å². The van der Waals surface area contributed by atoms with E-state index in [1.807, 2.05) is 11.9 Å². The van der Waals surface area contributed by atoms with Gasteiger partial charge in [-0.2, -0.15) is 0 Å². The number of fused-ring (bicyclic) bond motifs is 2. The Morgan fingerprint density at radius 3 is 2.61 bits per heavy atom. The molecule has 1 N–H and O–H groups in total. The molecule has 2 bridgehead atoms. The van der Waals surface area contributed by atoms with Crippen LogP contribution in [0, 0.1) is 11.3 Å². The van der Waals surface area contributed by atoms with Crippen molar-refractivity contribution in [2.24, 2.45) is 11.3 Å². The van der Waals surface area contributed by atoms with Gasteiger partial charge in [0.05, 0.1) is 43.9 Å². The number of nitrogens with zero attached hydrogens (tertiary/aromatic N) is 6. The number of methoxy groups -OCH3 is 2. The Morgan fingerprint density at radius 1 is 1.11 bits per heavy atom. The number of hydrogen-bond acceptors (Lipinski definition) is 9. The van der Waals surface area contributed by atoms with Crippen LogP contribution in [0.25, 0.3) is 22.6 Å². The third-order valence-corrected chi connectivity index (χ3v) is 7.73. The Morgan fingerprint density at radius 2 is 1.92 bits per heavy atom. The monoisotopic (exact) mass is 494 g/mol. The highest BCUT2D eigenvalue weighted by Crippen LogP contribution is 2.51. The van der Waals surface area contributed by atoms with E-state index >= 15 is 4.39 Å². The van der Waals surface area contributed by atoms with Crippen molar-refractivity contribution in [2.75, 3.05) is 26.2 Å². The molecule has 0 amide bonds. The van der Waals surface area contributed by atoms with Gasteiger partial charge < -0.3 is 19.5 Å². The molecule has 2 aliphatic carbocycles. The number of phenolic OH excluding ortho intramolecular Hbond substituents is 1. The van der Waals surface area contributed by atoms with Gasteiger partial charge in [-0.25, -0.2) is 19.3 Å². The number of aromatic hydroxyl groups is 1. The van der Waals surface area contributed by atoms with Crippen molar-refractivity contribution in [3.05, 3.63) is 30.6 Å². The Kier molecular flexibility index (Phi) is 6.36. The number of benzene rings is 1. The standard InChI is InChI=1S/C26H31FN6O3/c1-26-9-5-6-15(12-26)10-19(22(26)27)33(2)21-14-28-23(32-31-21)17-8-7-16(11-20(17)34)18-13-29-24(35-3)25(30-18)36-4/h7-8,11,13-15,19,22,34H,5-6,9-10,12H2,1-4H3/t15-,19-,22-,26-/m1/s1. The molecular weight excluding hydrogens is 463 g/mol. The van der Waals surface area contributed by atoms with E-state index < -0.39 is 6.17 Å². The quantitative estimate of drug-likeness (QED) is 0.531. The third kappa shape index (κ3) is 4.29. The summed E-state index contributed by atoms with van der Waals surface area (Å²) >= 11 is 0. The van der Waals surface area contributed by atoms with Crippen LogP contribution in [0.5, 0.6) is 17.5 Å². The normalized spacial score (nSPS) is 25.3. The van der Waals surface area contributed by atoms with E-state index in [2.05, 4.69) is 32.1 Å². The van der Waals surface area contributed by atoms with Crippen LogP contribution in [0.1, 0.15) is 39.0 Å². The maximum Gasteiger partial charge on any atom is 0.278 e. The van der Waals surface area contributed by atoms with E-state index in [1.54, 1.807) is 24.4 Å². The number of phenols is 1. The zero-order valence-corrected chi connectivity index (χ0v) is 21.0. The molecule has 0 aliphatic heterocycles. The summed E-state index contributed by atoms with van der Waals surface area (Å²) in [5, 5.41) is 19.3. The van der Waals surface area contributed by atoms with Gasteiger partial charge in [0.15, 0.2) is 11.6 Å². The highest BCUT2D eigenvalue weighted by atomic mass is 19.1. The highest BCUT2D eigenvalue weighted by Gasteiger charge is 2.49. The van der Waals surface area contributed by atoms with Crippen molar-refractivity contribution >= 4 is 5.82 Å². The SMILES string of the molecule is COc1ncc(-c2ccc(-c3ncc(N(C)[C@@H]4C[C@H]5CCC[C@](C)(C5)[C@@H]4F)nn3)c(O)c2)nc1OC. The minimum absolute atomic E-state index is 0.0242. The molecule has 0 saturated heterocycles. The summed E-state index contributed by atoms with van der Waals surface area (Å²) in [6, 6.07) is 4.80. The van der Waals surface area contributed by atoms with Crippen molar-refractivity contribution in [3.8, 4) is 40.2 Å². The van der Waals surface area contributed by atoms with Crippen molar-refractivity contribution in [2.45, 2.75) is 51.2 Å². The van der Waals surface area contributed by atoms with Crippen molar-refractivity contribution < 1.29 is 19.0 Å². The lowest BCUT2D eigenvalue weighted by molar-refractivity contribution is -0.0109. The van der Waals surface area contributed by atoms with Crippen LogP contribution in [-0.2, 0) is 0 Å². The maximum absolute atomic E-state index is 15.5. The molecule has 4 atom stereocenters. The third-order valence-electron chi connectivity index (χ3n) is 7.73. The number of anilines is 1. The first-order chi connectivity index (χ1) is 17.3. The molecule has 0 spiro atoms. The van der Waals surface area contributed by atoms with E-state index in [4.69, 9.17) is 9.47 Å². The van der Waals surface area contributed by atoms with Crippen molar-refractivity contribution in [1.82, 2.24) is 25.1 Å². The molecule has 3 aromatic rings. The number of halogens is 1. The second-order valence-corrected chi connectivity index (χ2v) is 10.1. The average molecular weight is 495 g/mol. The number of alkyl halides is 1. The zero-order valence-electron chi connectivity index (χ0n) is 21.0. The molecule has 36 heavy (non-hydrogen) atoms. The molecule has 190 valence electrons. The molecular formula is C26H31FN6O3. The summed E-state index contributed by atoms with van der Waals surface area (Å²) in [4.78, 5) is 14.9. The molecule has 0 unspecified atom stereocenters. The average Bonchev–Trinajstić information content (AvgIpc) is 2.90. The largest absolute Gasteiger partial charge is 0.507 e. The molecule has 10 heteroatoms. The van der Waals surface area contributed by atoms with Gasteiger partial charge in [0.25, 0.3) is 11.8 Å². The predicted molar refractivity (Wildman–Crippen MR) is 133 cm³/mol. The van der Waals surface area contributed by atoms with Crippen LogP contribution < -0.4 is 14.4 Å². The zero-order chi connectivity index (χ0) is 25.4. The molecule has 2 heterocycles. The van der Waals surface area contributed by atoms with Crippen molar-refractivity contribution in [3.63, 3.8) is 0 Å². The predicted octanol–water partition coefficient (Wildman–Crippen LogP) is 4.46. The lowest BCUT2D eigenvalue weighted by atomic mass is 9.60. The van der Waals surface area contributed by atoms with Gasteiger partial charge in [-0.3, -0.25) is 0 Å². The van der Waals surface area contributed by atoms with E-state index in [0.717, 1.165) is 25.7 Å². The lowest BCUT2D eigenvalue weighted by Crippen LogP contribution is -2.54. The summed E-state index contributed by atoms with van der Waals surface area (Å²) in [7, 11) is 4.83. The summed E-state index contributed by atoms with van der Waals surface area (Å²) < 4.78 is 25.9. The Balaban J connectivity index is 1.36. The topological polar surface area (TPSA) is 106 Å². The van der Waals surface area contributed by atoms with Gasteiger partial charge in [-0.1, -0.05) is 25.8 Å². The van der Waals surface area contributed by atoms with E-state index in [1.165, 1.54) is 26.8 Å². The molecule has 1 aromatic carbocycles. The minimum atomic E-state index is -0.920. The van der Waals surface area contributed by atoms with E-state index in [-0.39, 0.29) is 34.8 Å². The second-order valence-electron chi connectivity index (χ2n) is 10.1. The fourth-order valence-electron chi connectivity index (χ4n) is 5.77. The summed E-state index contributed by atoms with van der Waals surface area (Å²) in [5.74, 6) is 1.84. The fraction of sp³-hybridized carbons (Fsp3) is 0.500. The first-order valence-corrected chi connectivity index (χ1v) is 12.2. The van der Waals surface area contributed by atoms with Crippen molar-refractivity contribution in [1.29, 1.82) is 0 Å². The highest BCUT2D eigenvalue weighted by molar-refractivity contribution is 5.71. The molecule has 0 radical (unpaired) electrons. The molecule has 5 rings (SSSR count). The minimum Gasteiger partial charge on any atom is -0.507 e. The van der Waals surface area contributed by atoms with Crippen LogP contribution >= 0.6 is 0 Å².